The number of hydrogen-bond acceptors (Lipinski definition) is 5. The predicted molar refractivity (Wildman–Crippen MR) is 137 cm³/mol. The van der Waals surface area contributed by atoms with Crippen LogP contribution in [-0.4, -0.2) is 85.2 Å². The number of urea groups is 1. The molecule has 0 N–H and O–H groups in total. The second kappa shape index (κ2) is 11.1. The minimum atomic E-state index is -4.50. The Morgan fingerprint density at radius 1 is 1.05 bits per heavy atom. The molecule has 2 aliphatic rings. The molecular weight excluding hydrogens is 568 g/mol. The van der Waals surface area contributed by atoms with Crippen LogP contribution in [0.25, 0.3) is 0 Å². The second-order valence-corrected chi connectivity index (χ2v) is 12.3. The second-order valence-electron chi connectivity index (χ2n) is 9.49. The van der Waals surface area contributed by atoms with E-state index in [2.05, 4.69) is 4.98 Å². The van der Waals surface area contributed by atoms with E-state index in [9.17, 15) is 26.4 Å². The molecule has 0 bridgehead atoms. The van der Waals surface area contributed by atoms with Gasteiger partial charge < -0.3 is 14.5 Å². The maximum absolute atomic E-state index is 13.4. The summed E-state index contributed by atoms with van der Waals surface area (Å²) in [5.41, 5.74) is -0.0304. The van der Waals surface area contributed by atoms with Crippen LogP contribution in [0, 0.1) is 5.92 Å². The molecule has 0 aliphatic carbocycles. The molecule has 2 aromatic rings. The van der Waals surface area contributed by atoms with Crippen molar-refractivity contribution in [3.8, 4) is 5.88 Å². The highest BCUT2D eigenvalue weighted by Gasteiger charge is 2.42. The molecule has 2 amide bonds. The summed E-state index contributed by atoms with van der Waals surface area (Å²) in [5, 5.41) is 0.752. The molecule has 0 radical (unpaired) electrons. The summed E-state index contributed by atoms with van der Waals surface area (Å²) in [6.45, 7) is 3.43. The van der Waals surface area contributed by atoms with Crippen molar-refractivity contribution in [1.29, 1.82) is 0 Å². The smallest absolute Gasteiger partial charge is 0.417 e. The molecule has 2 aliphatic heterocycles. The quantitative estimate of drug-likeness (QED) is 0.506. The minimum Gasteiger partial charge on any atom is -0.474 e. The average molecular weight is 595 g/mol. The first-order valence-corrected chi connectivity index (χ1v) is 14.5. The number of carbonyl (C=O) groups excluding carboxylic acids is 1. The monoisotopic (exact) mass is 594 g/mol. The van der Waals surface area contributed by atoms with Gasteiger partial charge >= 0.3 is 12.2 Å². The molecule has 3 heterocycles. The molecule has 4 rings (SSSR count). The summed E-state index contributed by atoms with van der Waals surface area (Å²) in [6, 6.07) is 7.11. The van der Waals surface area contributed by atoms with Crippen molar-refractivity contribution in [3.63, 3.8) is 0 Å². The molecule has 1 aromatic heterocycles. The molecule has 1 aromatic carbocycles. The van der Waals surface area contributed by atoms with Crippen LogP contribution in [0.5, 0.6) is 5.88 Å². The lowest BCUT2D eigenvalue weighted by molar-refractivity contribution is -0.137. The van der Waals surface area contributed by atoms with Gasteiger partial charge in [0.1, 0.15) is 6.10 Å². The van der Waals surface area contributed by atoms with Crippen LogP contribution in [0.1, 0.15) is 24.0 Å². The lowest BCUT2D eigenvalue weighted by atomic mass is 9.86. The number of pyridine rings is 1. The van der Waals surface area contributed by atoms with Gasteiger partial charge in [-0.1, -0.05) is 29.3 Å². The van der Waals surface area contributed by atoms with E-state index in [0.717, 1.165) is 24.1 Å². The Labute approximate surface area is 229 Å². The van der Waals surface area contributed by atoms with Crippen LogP contribution in [0.2, 0.25) is 10.0 Å². The number of sulfonamides is 1. The van der Waals surface area contributed by atoms with Gasteiger partial charge in [0, 0.05) is 63.4 Å². The third kappa shape index (κ3) is 6.47. The van der Waals surface area contributed by atoms with Crippen molar-refractivity contribution >= 4 is 39.3 Å². The van der Waals surface area contributed by atoms with Crippen LogP contribution in [0.4, 0.5) is 18.0 Å². The van der Waals surface area contributed by atoms with Gasteiger partial charge in [-0.3, -0.25) is 0 Å². The average Bonchev–Trinajstić information content (AvgIpc) is 3.30. The fraction of sp³-hybridized carbons (Fsp3) is 0.500. The Bertz CT molecular complexity index is 1270. The fourth-order valence-electron chi connectivity index (χ4n) is 4.86. The third-order valence-corrected chi connectivity index (χ3v) is 9.00. The molecule has 0 saturated carbocycles. The highest BCUT2D eigenvalue weighted by Crippen LogP contribution is 2.39. The lowest BCUT2D eigenvalue weighted by Gasteiger charge is -2.35. The zero-order valence-electron chi connectivity index (χ0n) is 20.7. The van der Waals surface area contributed by atoms with Crippen molar-refractivity contribution in [2.75, 3.05) is 45.5 Å². The molecule has 38 heavy (non-hydrogen) atoms. The summed E-state index contributed by atoms with van der Waals surface area (Å²) in [4.78, 5) is 20.5. The summed E-state index contributed by atoms with van der Waals surface area (Å²) in [6.07, 6.45) is -3.16. The van der Waals surface area contributed by atoms with Gasteiger partial charge in [0.05, 0.1) is 21.9 Å². The molecule has 2 saturated heterocycles. The van der Waals surface area contributed by atoms with E-state index in [1.54, 1.807) is 28.9 Å². The van der Waals surface area contributed by atoms with Gasteiger partial charge in [0.15, 0.2) is 0 Å². The molecule has 0 spiro atoms. The number of ether oxygens (including phenoxy) is 1. The minimum absolute atomic E-state index is 0.0417. The van der Waals surface area contributed by atoms with E-state index in [-0.39, 0.29) is 49.9 Å². The number of hydrogen-bond donors (Lipinski definition) is 0. The topological polar surface area (TPSA) is 83.1 Å². The van der Waals surface area contributed by atoms with Crippen LogP contribution in [0.15, 0.2) is 36.5 Å². The van der Waals surface area contributed by atoms with Crippen LogP contribution < -0.4 is 4.74 Å². The highest BCUT2D eigenvalue weighted by molar-refractivity contribution is 7.88. The van der Waals surface area contributed by atoms with Crippen molar-refractivity contribution in [1.82, 2.24) is 19.1 Å². The van der Waals surface area contributed by atoms with E-state index in [4.69, 9.17) is 27.9 Å². The maximum Gasteiger partial charge on any atom is 0.417 e. The molecule has 0 unspecified atom stereocenters. The Morgan fingerprint density at radius 3 is 2.29 bits per heavy atom. The number of carbonyl (C=O) groups is 1. The zero-order chi connectivity index (χ0) is 27.8. The highest BCUT2D eigenvalue weighted by atomic mass is 35.5. The molecule has 3 atom stereocenters. The van der Waals surface area contributed by atoms with Gasteiger partial charge in [0.25, 0.3) is 0 Å². The standard InChI is InChI=1S/C24H27Cl2F3N4O4S/c1-15(37-22-6-4-17(12-30-22)24(27,28)29)18-13-32(14-19(18)16-3-5-20(25)21(26)11-16)23(34)31-7-9-33(10-8-31)38(2,35)36/h3-6,11-12,15,18-19H,7-10,13-14H2,1-2H3/t15-,18+,19+/m0/s1. The number of aromatic nitrogens is 1. The molecule has 14 heteroatoms. The van der Waals surface area contributed by atoms with E-state index < -0.39 is 27.9 Å². The Balaban J connectivity index is 1.52. The van der Waals surface area contributed by atoms with Crippen molar-refractivity contribution in [2.45, 2.75) is 25.1 Å². The largest absolute Gasteiger partial charge is 0.474 e. The summed E-state index contributed by atoms with van der Waals surface area (Å²) < 4.78 is 69.6. The summed E-state index contributed by atoms with van der Waals surface area (Å²) in [5.74, 6) is -0.395. The maximum atomic E-state index is 13.4. The van der Waals surface area contributed by atoms with Gasteiger partial charge in [-0.05, 0) is 30.7 Å². The number of nitrogens with zero attached hydrogens (tertiary/aromatic N) is 4. The first-order chi connectivity index (χ1) is 17.7. The van der Waals surface area contributed by atoms with Crippen LogP contribution in [0.3, 0.4) is 0 Å². The van der Waals surface area contributed by atoms with Crippen molar-refractivity contribution < 1.29 is 31.1 Å². The number of likely N-dealkylation sites (tertiary alicyclic amines) is 1. The molecule has 208 valence electrons. The normalized spacial score (nSPS) is 22.0. The summed E-state index contributed by atoms with van der Waals surface area (Å²) >= 11 is 12.4. The van der Waals surface area contributed by atoms with E-state index in [0.29, 0.717) is 23.1 Å². The number of halogens is 5. The van der Waals surface area contributed by atoms with Gasteiger partial charge in [-0.25, -0.2) is 18.2 Å². The number of piperazine rings is 1. The Kier molecular flexibility index (Phi) is 8.37. The van der Waals surface area contributed by atoms with E-state index >= 15 is 0 Å². The van der Waals surface area contributed by atoms with Crippen LogP contribution >= 0.6 is 23.2 Å². The number of alkyl halides is 3. The third-order valence-electron chi connectivity index (χ3n) is 6.96. The predicted octanol–water partition coefficient (Wildman–Crippen LogP) is 4.59. The fourth-order valence-corrected chi connectivity index (χ4v) is 6.00. The van der Waals surface area contributed by atoms with Crippen molar-refractivity contribution in [2.24, 2.45) is 5.92 Å². The van der Waals surface area contributed by atoms with Crippen molar-refractivity contribution in [3.05, 3.63) is 57.7 Å². The van der Waals surface area contributed by atoms with Crippen LogP contribution in [-0.2, 0) is 16.2 Å². The molecular formula is C24H27Cl2F3N4O4S. The molecule has 8 nitrogen and oxygen atoms in total. The van der Waals surface area contributed by atoms with Gasteiger partial charge in [-0.15, -0.1) is 0 Å². The number of amides is 2. The lowest BCUT2D eigenvalue weighted by Crippen LogP contribution is -2.53. The first kappa shape index (κ1) is 28.7. The first-order valence-electron chi connectivity index (χ1n) is 11.9. The zero-order valence-corrected chi connectivity index (χ0v) is 23.0. The number of benzene rings is 1. The summed E-state index contributed by atoms with van der Waals surface area (Å²) in [7, 11) is -3.33. The van der Waals surface area contributed by atoms with E-state index in [1.807, 2.05) is 6.07 Å². The molecule has 2 fully saturated rings. The van der Waals surface area contributed by atoms with Gasteiger partial charge in [0.2, 0.25) is 15.9 Å². The number of rotatable bonds is 5. The Morgan fingerprint density at radius 2 is 1.74 bits per heavy atom. The Hall–Kier alpha value is -2.28. The SMILES string of the molecule is C[C@H](Oc1ccc(C(F)(F)F)cn1)[C@H]1CN(C(=O)N2CCN(S(C)(=O)=O)CC2)C[C@@H]1c1ccc(Cl)c(Cl)c1. The van der Waals surface area contributed by atoms with Gasteiger partial charge in [-0.2, -0.15) is 17.5 Å². The van der Waals surface area contributed by atoms with E-state index in [1.165, 1.54) is 10.4 Å².